The van der Waals surface area contributed by atoms with Gasteiger partial charge in [0.1, 0.15) is 29.9 Å². The normalized spacial score (nSPS) is 27.1. The third-order valence-corrected chi connectivity index (χ3v) is 3.75. The summed E-state index contributed by atoms with van der Waals surface area (Å²) in [5, 5.41) is 45.2. The van der Waals surface area contributed by atoms with Gasteiger partial charge in [0, 0.05) is 0 Å². The Morgan fingerprint density at radius 3 is 2.54 bits per heavy atom. The Bertz CT molecular complexity index is 661. The van der Waals surface area contributed by atoms with Crippen molar-refractivity contribution in [3.63, 3.8) is 0 Å². The number of nitrogens with zero attached hydrogens (tertiary/aromatic N) is 3. The summed E-state index contributed by atoms with van der Waals surface area (Å²) in [6.45, 7) is 4.40. The molecule has 1 aromatic rings. The third-order valence-electron chi connectivity index (χ3n) is 3.75. The first-order chi connectivity index (χ1) is 11.1. The molecule has 10 heteroatoms. The Labute approximate surface area is 138 Å². The van der Waals surface area contributed by atoms with Crippen LogP contribution in [-0.4, -0.2) is 67.0 Å². The minimum Gasteiger partial charge on any atom is -0.444 e. The predicted molar refractivity (Wildman–Crippen MR) is 81.4 cm³/mol. The number of hydrogen-bond donors (Lipinski definition) is 5. The van der Waals surface area contributed by atoms with Crippen molar-refractivity contribution in [3.8, 4) is 6.07 Å². The van der Waals surface area contributed by atoms with Crippen molar-refractivity contribution in [2.45, 2.75) is 50.7 Å². The molecule has 24 heavy (non-hydrogen) atoms. The van der Waals surface area contributed by atoms with Gasteiger partial charge in [-0.25, -0.2) is 4.79 Å². The van der Waals surface area contributed by atoms with Gasteiger partial charge in [0.15, 0.2) is 5.69 Å². The highest BCUT2D eigenvalue weighted by molar-refractivity contribution is 5.71. The number of likely N-dealkylation sites (tertiary alicyclic amines) is 1. The van der Waals surface area contributed by atoms with Gasteiger partial charge in [-0.3, -0.25) is 10.00 Å². The van der Waals surface area contributed by atoms with E-state index >= 15 is 0 Å². The molecule has 1 amide bonds. The molecule has 0 unspecified atom stereocenters. The molecule has 1 aliphatic heterocycles. The summed E-state index contributed by atoms with van der Waals surface area (Å²) in [7, 11) is 0. The highest BCUT2D eigenvalue weighted by Gasteiger charge is 2.52. The predicted octanol–water partition coefficient (Wildman–Crippen LogP) is -0.762. The number of aromatic amines is 1. The van der Waals surface area contributed by atoms with E-state index in [0.717, 1.165) is 4.90 Å². The van der Waals surface area contributed by atoms with Crippen LogP contribution in [0.2, 0.25) is 0 Å². The fraction of sp³-hybridized carbons (Fsp3) is 0.643. The molecule has 0 bridgehead atoms. The number of nitrogens with one attached hydrogen (secondary N) is 1. The van der Waals surface area contributed by atoms with Crippen molar-refractivity contribution >= 4 is 11.8 Å². The van der Waals surface area contributed by atoms with E-state index in [4.69, 9.17) is 15.7 Å². The van der Waals surface area contributed by atoms with Gasteiger partial charge >= 0.3 is 6.09 Å². The van der Waals surface area contributed by atoms with Crippen LogP contribution in [0.25, 0.3) is 0 Å². The van der Waals surface area contributed by atoms with Crippen molar-refractivity contribution in [3.05, 3.63) is 11.4 Å². The van der Waals surface area contributed by atoms with Crippen molar-refractivity contribution in [1.29, 1.82) is 5.26 Å². The fourth-order valence-electron chi connectivity index (χ4n) is 2.69. The lowest BCUT2D eigenvalue weighted by molar-refractivity contribution is -0.00104. The van der Waals surface area contributed by atoms with Gasteiger partial charge in [-0.05, 0) is 20.8 Å². The van der Waals surface area contributed by atoms with E-state index in [1.165, 1.54) is 0 Å². The molecule has 1 saturated heterocycles. The minimum atomic E-state index is -1.44. The first-order valence-electron chi connectivity index (χ1n) is 7.34. The quantitative estimate of drug-likeness (QED) is 0.468. The summed E-state index contributed by atoms with van der Waals surface area (Å²) in [5.41, 5.74) is 4.97. The summed E-state index contributed by atoms with van der Waals surface area (Å²) < 4.78 is 5.29. The summed E-state index contributed by atoms with van der Waals surface area (Å²) in [6, 6.07) is -0.450. The number of nitrogen functional groups attached to an aromatic ring is 1. The molecule has 10 nitrogen and oxygen atoms in total. The average molecular weight is 339 g/mol. The maximum Gasteiger partial charge on any atom is 0.411 e. The Morgan fingerprint density at radius 2 is 2.08 bits per heavy atom. The number of amides is 1. The molecule has 0 aliphatic carbocycles. The first kappa shape index (κ1) is 18.0. The molecular formula is C14H21N5O5. The van der Waals surface area contributed by atoms with Crippen LogP contribution < -0.4 is 5.73 Å². The van der Waals surface area contributed by atoms with E-state index in [9.17, 15) is 20.1 Å². The third kappa shape index (κ3) is 3.01. The zero-order valence-electron chi connectivity index (χ0n) is 13.6. The number of nitrogens with two attached hydrogens (primary N) is 1. The molecule has 1 aromatic heterocycles. The van der Waals surface area contributed by atoms with Crippen LogP contribution in [0, 0.1) is 11.3 Å². The number of aromatic nitrogens is 2. The molecule has 1 aliphatic rings. The topological polar surface area (TPSA) is 169 Å². The number of carbonyl (C=O) groups excluding carboxylic acids is 1. The van der Waals surface area contributed by atoms with E-state index in [1.807, 2.05) is 0 Å². The molecule has 0 aromatic carbocycles. The van der Waals surface area contributed by atoms with Crippen LogP contribution in [0.3, 0.4) is 0 Å². The van der Waals surface area contributed by atoms with E-state index in [2.05, 4.69) is 10.2 Å². The number of ether oxygens (including phenoxy) is 1. The largest absolute Gasteiger partial charge is 0.444 e. The number of aliphatic hydroxyl groups is 3. The average Bonchev–Trinajstić information content (AvgIpc) is 2.96. The van der Waals surface area contributed by atoms with Gasteiger partial charge in [-0.1, -0.05) is 0 Å². The van der Waals surface area contributed by atoms with Crippen molar-refractivity contribution in [1.82, 2.24) is 15.1 Å². The van der Waals surface area contributed by atoms with Crippen LogP contribution in [-0.2, 0) is 4.74 Å². The van der Waals surface area contributed by atoms with Crippen molar-refractivity contribution in [2.24, 2.45) is 0 Å². The number of aliphatic hydroxyl groups excluding tert-OH is 3. The smallest absolute Gasteiger partial charge is 0.411 e. The van der Waals surface area contributed by atoms with Gasteiger partial charge in [-0.15, -0.1) is 0 Å². The second-order valence-electron chi connectivity index (χ2n) is 6.57. The molecule has 2 rings (SSSR count). The van der Waals surface area contributed by atoms with Crippen LogP contribution in [0.15, 0.2) is 0 Å². The van der Waals surface area contributed by atoms with E-state index in [1.54, 1.807) is 26.8 Å². The molecular weight excluding hydrogens is 318 g/mol. The number of rotatable bonds is 2. The zero-order chi connectivity index (χ0) is 18.2. The molecule has 0 radical (unpaired) electrons. The van der Waals surface area contributed by atoms with Gasteiger partial charge in [-0.2, -0.15) is 10.4 Å². The molecule has 4 atom stereocenters. The lowest BCUT2D eigenvalue weighted by atomic mass is 10.0. The lowest BCUT2D eigenvalue weighted by Crippen LogP contribution is -2.45. The fourth-order valence-corrected chi connectivity index (χ4v) is 2.69. The lowest BCUT2D eigenvalue weighted by Gasteiger charge is -2.31. The summed E-state index contributed by atoms with van der Waals surface area (Å²) in [5.74, 6) is 0. The number of nitriles is 1. The molecule has 132 valence electrons. The summed E-state index contributed by atoms with van der Waals surface area (Å²) >= 11 is 0. The molecule has 0 saturated carbocycles. The maximum absolute atomic E-state index is 12.5. The van der Waals surface area contributed by atoms with Gasteiger partial charge < -0.3 is 25.8 Å². The molecule has 2 heterocycles. The van der Waals surface area contributed by atoms with E-state index < -0.39 is 42.6 Å². The van der Waals surface area contributed by atoms with Gasteiger partial charge in [0.2, 0.25) is 0 Å². The minimum absolute atomic E-state index is 0.0408. The van der Waals surface area contributed by atoms with Crippen LogP contribution >= 0.6 is 0 Å². The number of H-pyrrole nitrogens is 1. The highest BCUT2D eigenvalue weighted by Crippen LogP contribution is 2.39. The molecule has 6 N–H and O–H groups in total. The summed E-state index contributed by atoms with van der Waals surface area (Å²) in [6.07, 6.45) is -3.70. The SMILES string of the molecule is CC(C)(C)OC(=O)N1[C@H](CO)[C@@H](O)[C@@H](O)[C@@H]1c1[nH]nc(C#N)c1N. The van der Waals surface area contributed by atoms with Crippen molar-refractivity contribution < 1.29 is 24.9 Å². The van der Waals surface area contributed by atoms with E-state index in [0.29, 0.717) is 0 Å². The Morgan fingerprint density at radius 1 is 1.46 bits per heavy atom. The first-order valence-corrected chi connectivity index (χ1v) is 7.34. The zero-order valence-corrected chi connectivity index (χ0v) is 13.6. The Hall–Kier alpha value is -2.35. The second kappa shape index (κ2) is 6.27. The van der Waals surface area contributed by atoms with Crippen LogP contribution in [0.1, 0.15) is 38.2 Å². The van der Waals surface area contributed by atoms with E-state index in [-0.39, 0.29) is 17.1 Å². The standard InChI is InChI=1S/C14H21N5O5/c1-14(2,3)24-13(23)19-7(5-20)11(21)12(22)10(19)9-8(16)6(4-15)17-18-9/h7,10-12,20-22H,5,16H2,1-3H3,(H,17,18)/t7-,10+,11-,12+/m1/s1. The Balaban J connectivity index is 2.47. The van der Waals surface area contributed by atoms with Crippen LogP contribution in [0.4, 0.5) is 10.5 Å². The second-order valence-corrected chi connectivity index (χ2v) is 6.57. The number of anilines is 1. The number of hydrogen-bond acceptors (Lipinski definition) is 8. The monoisotopic (exact) mass is 339 g/mol. The van der Waals surface area contributed by atoms with Crippen LogP contribution in [0.5, 0.6) is 0 Å². The van der Waals surface area contributed by atoms with Gasteiger partial charge in [0.25, 0.3) is 0 Å². The van der Waals surface area contributed by atoms with Gasteiger partial charge in [0.05, 0.1) is 24.0 Å². The maximum atomic E-state index is 12.5. The molecule has 0 spiro atoms. The van der Waals surface area contributed by atoms with Crippen molar-refractivity contribution in [2.75, 3.05) is 12.3 Å². The number of carbonyl (C=O) groups is 1. The Kier molecular flexibility index (Phi) is 4.70. The summed E-state index contributed by atoms with van der Waals surface area (Å²) in [4.78, 5) is 13.5. The molecule has 1 fully saturated rings. The highest BCUT2D eigenvalue weighted by atomic mass is 16.6.